The molecule has 0 aliphatic heterocycles. The number of carbonyl (C=O) groups is 1. The molecule has 0 saturated heterocycles. The molecule has 0 aliphatic carbocycles. The lowest BCUT2D eigenvalue weighted by Crippen LogP contribution is -2.42. The Balaban J connectivity index is 2.97. The van der Waals surface area contributed by atoms with Gasteiger partial charge in [-0.1, -0.05) is 15.9 Å². The number of aliphatic hydroxyl groups is 1. The number of rotatable bonds is 4. The number of amides is 1. The lowest BCUT2D eigenvalue weighted by molar-refractivity contribution is 0.0314. The summed E-state index contributed by atoms with van der Waals surface area (Å²) in [6.07, 6.45) is 0. The van der Waals surface area contributed by atoms with E-state index in [-0.39, 0.29) is 5.91 Å². The number of nitrogens with zero attached hydrogens (tertiary/aromatic N) is 1. The Bertz CT molecular complexity index is 441. The van der Waals surface area contributed by atoms with Crippen molar-refractivity contribution in [1.29, 1.82) is 0 Å². The zero-order valence-electron chi connectivity index (χ0n) is 10.7. The molecule has 0 radical (unpaired) electrons. The molecule has 1 aromatic carbocycles. The van der Waals surface area contributed by atoms with Gasteiger partial charge < -0.3 is 10.0 Å². The Morgan fingerprint density at radius 3 is 2.44 bits per heavy atom. The zero-order valence-corrected chi connectivity index (χ0v) is 13.9. The van der Waals surface area contributed by atoms with Gasteiger partial charge in [0.1, 0.15) is 0 Å². The first kappa shape index (κ1) is 15.7. The van der Waals surface area contributed by atoms with Gasteiger partial charge in [0.15, 0.2) is 0 Å². The van der Waals surface area contributed by atoms with E-state index in [0.29, 0.717) is 18.7 Å². The van der Waals surface area contributed by atoms with Crippen LogP contribution in [0.3, 0.4) is 0 Å². The highest BCUT2D eigenvalue weighted by Crippen LogP contribution is 2.23. The summed E-state index contributed by atoms with van der Waals surface area (Å²) in [5.41, 5.74) is -0.294. The van der Waals surface area contributed by atoms with Crippen LogP contribution in [0.15, 0.2) is 27.1 Å². The number of carbonyl (C=O) groups excluding carboxylic acids is 1. The minimum Gasteiger partial charge on any atom is -0.389 e. The smallest absolute Gasteiger partial charge is 0.255 e. The molecule has 0 heterocycles. The summed E-state index contributed by atoms with van der Waals surface area (Å²) in [6.45, 7) is 6.16. The van der Waals surface area contributed by atoms with Gasteiger partial charge in [0, 0.05) is 22.0 Å². The van der Waals surface area contributed by atoms with E-state index in [2.05, 4.69) is 31.9 Å². The van der Waals surface area contributed by atoms with Crippen molar-refractivity contribution in [3.63, 3.8) is 0 Å². The monoisotopic (exact) mass is 377 g/mol. The van der Waals surface area contributed by atoms with Crippen LogP contribution in [0, 0.1) is 0 Å². The van der Waals surface area contributed by atoms with E-state index in [0.717, 1.165) is 8.95 Å². The van der Waals surface area contributed by atoms with Crippen molar-refractivity contribution in [3.8, 4) is 0 Å². The Hall–Kier alpha value is -0.390. The third kappa shape index (κ3) is 4.37. The summed E-state index contributed by atoms with van der Waals surface area (Å²) < 4.78 is 1.66. The van der Waals surface area contributed by atoms with E-state index in [1.165, 1.54) is 0 Å². The number of hydrogen-bond donors (Lipinski definition) is 1. The van der Waals surface area contributed by atoms with Crippen LogP contribution >= 0.6 is 31.9 Å². The molecule has 1 N–H and O–H groups in total. The fraction of sp³-hybridized carbons (Fsp3) is 0.462. The summed E-state index contributed by atoms with van der Waals surface area (Å²) in [4.78, 5) is 14.0. The lowest BCUT2D eigenvalue weighted by atomic mass is 10.1. The first-order chi connectivity index (χ1) is 8.24. The van der Waals surface area contributed by atoms with Crippen molar-refractivity contribution in [2.45, 2.75) is 26.4 Å². The molecule has 3 nitrogen and oxygen atoms in total. The minimum absolute atomic E-state index is 0.0843. The molecule has 100 valence electrons. The predicted octanol–water partition coefficient (Wildman–Crippen LogP) is 3.44. The number of benzene rings is 1. The third-order valence-electron chi connectivity index (χ3n) is 2.41. The largest absolute Gasteiger partial charge is 0.389 e. The van der Waals surface area contributed by atoms with E-state index in [9.17, 15) is 9.90 Å². The molecule has 0 saturated carbocycles. The topological polar surface area (TPSA) is 40.5 Å². The number of hydrogen-bond acceptors (Lipinski definition) is 2. The third-order valence-corrected chi connectivity index (χ3v) is 3.56. The molecule has 18 heavy (non-hydrogen) atoms. The van der Waals surface area contributed by atoms with Crippen molar-refractivity contribution in [2.75, 3.05) is 13.1 Å². The Morgan fingerprint density at radius 2 is 2.00 bits per heavy atom. The normalized spacial score (nSPS) is 11.4. The Labute approximate surface area is 124 Å². The zero-order chi connectivity index (χ0) is 13.9. The molecule has 0 bridgehead atoms. The van der Waals surface area contributed by atoms with Crippen molar-refractivity contribution in [2.24, 2.45) is 0 Å². The second-order valence-corrected chi connectivity index (χ2v) is 6.53. The maximum Gasteiger partial charge on any atom is 0.255 e. The van der Waals surface area contributed by atoms with Crippen molar-refractivity contribution in [3.05, 3.63) is 32.7 Å². The van der Waals surface area contributed by atoms with Gasteiger partial charge in [-0.25, -0.2) is 0 Å². The summed E-state index contributed by atoms with van der Waals surface area (Å²) in [6, 6.07) is 5.44. The van der Waals surface area contributed by atoms with Crippen LogP contribution in [-0.2, 0) is 0 Å². The van der Waals surface area contributed by atoms with E-state index in [1.54, 1.807) is 24.8 Å². The molecule has 0 unspecified atom stereocenters. The molecule has 0 atom stereocenters. The SMILES string of the molecule is CCN(CC(C)(C)O)C(=O)c1ccc(Br)cc1Br. The highest BCUT2D eigenvalue weighted by molar-refractivity contribution is 9.11. The first-order valence-electron chi connectivity index (χ1n) is 5.71. The van der Waals surface area contributed by atoms with Crippen LogP contribution in [0.5, 0.6) is 0 Å². The predicted molar refractivity (Wildman–Crippen MR) is 79.7 cm³/mol. The van der Waals surface area contributed by atoms with Gasteiger partial charge in [0.05, 0.1) is 11.2 Å². The van der Waals surface area contributed by atoms with Gasteiger partial charge in [0.2, 0.25) is 0 Å². The highest BCUT2D eigenvalue weighted by Gasteiger charge is 2.23. The molecule has 1 amide bonds. The second-order valence-electron chi connectivity index (χ2n) is 4.76. The van der Waals surface area contributed by atoms with Crippen molar-refractivity contribution >= 4 is 37.8 Å². The lowest BCUT2D eigenvalue weighted by Gasteiger charge is -2.28. The van der Waals surface area contributed by atoms with E-state index in [4.69, 9.17) is 0 Å². The highest BCUT2D eigenvalue weighted by atomic mass is 79.9. The summed E-state index contributed by atoms with van der Waals surface area (Å²) >= 11 is 6.74. The molecular formula is C13H17Br2NO2. The van der Waals surface area contributed by atoms with Crippen molar-refractivity contribution < 1.29 is 9.90 Å². The van der Waals surface area contributed by atoms with Crippen molar-refractivity contribution in [1.82, 2.24) is 4.90 Å². The number of halogens is 2. The quantitative estimate of drug-likeness (QED) is 0.871. The van der Waals surface area contributed by atoms with Gasteiger partial charge in [-0.2, -0.15) is 0 Å². The summed E-state index contributed by atoms with van der Waals surface area (Å²) in [5, 5.41) is 9.82. The van der Waals surface area contributed by atoms with Crippen LogP contribution in [0.1, 0.15) is 31.1 Å². The second kappa shape index (κ2) is 6.17. The average Bonchev–Trinajstić information content (AvgIpc) is 2.24. The van der Waals surface area contributed by atoms with Crippen LogP contribution in [-0.4, -0.2) is 34.6 Å². The Morgan fingerprint density at radius 1 is 1.39 bits per heavy atom. The van der Waals surface area contributed by atoms with E-state index in [1.807, 2.05) is 19.1 Å². The molecule has 0 aromatic heterocycles. The van der Waals surface area contributed by atoms with E-state index < -0.39 is 5.60 Å². The maximum atomic E-state index is 12.4. The first-order valence-corrected chi connectivity index (χ1v) is 7.30. The van der Waals surface area contributed by atoms with Gasteiger partial charge in [-0.15, -0.1) is 0 Å². The molecule has 0 spiro atoms. The van der Waals surface area contributed by atoms with Gasteiger partial charge in [-0.3, -0.25) is 4.79 Å². The van der Waals surface area contributed by atoms with Gasteiger partial charge in [0.25, 0.3) is 5.91 Å². The minimum atomic E-state index is -0.895. The average molecular weight is 379 g/mol. The van der Waals surface area contributed by atoms with Crippen LogP contribution in [0.25, 0.3) is 0 Å². The van der Waals surface area contributed by atoms with E-state index >= 15 is 0 Å². The molecule has 0 fully saturated rings. The summed E-state index contributed by atoms with van der Waals surface area (Å²) in [5.74, 6) is -0.0843. The van der Waals surface area contributed by atoms with Crippen LogP contribution in [0.4, 0.5) is 0 Å². The fourth-order valence-electron chi connectivity index (χ4n) is 1.63. The van der Waals surface area contributed by atoms with Gasteiger partial charge in [-0.05, 0) is 54.9 Å². The fourth-order valence-corrected chi connectivity index (χ4v) is 2.84. The van der Waals surface area contributed by atoms with Crippen LogP contribution < -0.4 is 0 Å². The molecule has 1 aromatic rings. The maximum absolute atomic E-state index is 12.4. The summed E-state index contributed by atoms with van der Waals surface area (Å²) in [7, 11) is 0. The number of likely N-dealkylation sites (N-methyl/N-ethyl adjacent to an activating group) is 1. The molecule has 5 heteroatoms. The van der Waals surface area contributed by atoms with Gasteiger partial charge >= 0.3 is 0 Å². The standard InChI is InChI=1S/C13H17Br2NO2/c1-4-16(8-13(2,3)18)12(17)10-6-5-9(14)7-11(10)15/h5-7,18H,4,8H2,1-3H3. The Kier molecular flexibility index (Phi) is 5.37. The molecular weight excluding hydrogens is 362 g/mol. The molecule has 0 aliphatic rings. The molecule has 1 rings (SSSR count). The van der Waals surface area contributed by atoms with Crippen LogP contribution in [0.2, 0.25) is 0 Å².